The van der Waals surface area contributed by atoms with Gasteiger partial charge in [-0.1, -0.05) is 32.9 Å². The van der Waals surface area contributed by atoms with Crippen LogP contribution in [0.15, 0.2) is 60.9 Å². The van der Waals surface area contributed by atoms with Crippen molar-refractivity contribution in [1.82, 2.24) is 9.97 Å². The van der Waals surface area contributed by atoms with Crippen molar-refractivity contribution in [3.8, 4) is 5.75 Å². The molecule has 0 bridgehead atoms. The fraction of sp³-hybridized carbons (Fsp3) is 0.227. The van der Waals surface area contributed by atoms with Crippen LogP contribution in [-0.4, -0.2) is 23.0 Å². The molecule has 0 aliphatic heterocycles. The molecular weight excluding hydrogens is 366 g/mol. The number of nitrogens with zero attached hydrogens (tertiary/aromatic N) is 2. The average Bonchev–Trinajstić information content (AvgIpc) is 2.68. The Balaban J connectivity index is 1.71. The summed E-state index contributed by atoms with van der Waals surface area (Å²) in [6.07, 6.45) is 1.48. The number of ether oxygens (including phenoxy) is 1. The summed E-state index contributed by atoms with van der Waals surface area (Å²) < 4.78 is 5.24. The van der Waals surface area contributed by atoms with E-state index in [2.05, 4.69) is 25.9 Å². The summed E-state index contributed by atoms with van der Waals surface area (Å²) in [4.78, 5) is 20.7. The van der Waals surface area contributed by atoms with E-state index < -0.39 is 5.41 Å². The molecule has 0 radical (unpaired) electrons. The predicted molar refractivity (Wildman–Crippen MR) is 116 cm³/mol. The van der Waals surface area contributed by atoms with E-state index in [1.165, 1.54) is 6.33 Å². The van der Waals surface area contributed by atoms with Crippen molar-refractivity contribution in [2.24, 2.45) is 5.41 Å². The lowest BCUT2D eigenvalue weighted by atomic mass is 9.95. The van der Waals surface area contributed by atoms with E-state index >= 15 is 0 Å². The summed E-state index contributed by atoms with van der Waals surface area (Å²) in [5, 5.41) is 9.40. The van der Waals surface area contributed by atoms with Gasteiger partial charge in [0.25, 0.3) is 0 Å². The Kier molecular flexibility index (Phi) is 5.97. The van der Waals surface area contributed by atoms with Crippen LogP contribution >= 0.6 is 0 Å². The molecule has 0 atom stereocenters. The molecule has 29 heavy (non-hydrogen) atoms. The van der Waals surface area contributed by atoms with Gasteiger partial charge < -0.3 is 20.7 Å². The normalized spacial score (nSPS) is 10.9. The van der Waals surface area contributed by atoms with E-state index in [1.54, 1.807) is 13.2 Å². The molecule has 3 aromatic rings. The van der Waals surface area contributed by atoms with E-state index in [9.17, 15) is 4.79 Å². The maximum absolute atomic E-state index is 12.2. The molecule has 0 aliphatic rings. The molecular formula is C22H25N5O2. The zero-order chi connectivity index (χ0) is 20.9. The van der Waals surface area contributed by atoms with Gasteiger partial charge in [-0.05, 0) is 30.3 Å². The first-order chi connectivity index (χ1) is 13.8. The van der Waals surface area contributed by atoms with Crippen LogP contribution in [-0.2, 0) is 4.79 Å². The summed E-state index contributed by atoms with van der Waals surface area (Å²) >= 11 is 0. The quantitative estimate of drug-likeness (QED) is 0.551. The zero-order valence-electron chi connectivity index (χ0n) is 17.0. The van der Waals surface area contributed by atoms with Crippen LogP contribution in [0.3, 0.4) is 0 Å². The number of amides is 1. The van der Waals surface area contributed by atoms with Crippen LogP contribution in [0.2, 0.25) is 0 Å². The minimum absolute atomic E-state index is 0.0403. The number of hydrogen-bond acceptors (Lipinski definition) is 6. The highest BCUT2D eigenvalue weighted by atomic mass is 16.5. The van der Waals surface area contributed by atoms with Gasteiger partial charge in [0.2, 0.25) is 5.91 Å². The lowest BCUT2D eigenvalue weighted by molar-refractivity contribution is -0.123. The van der Waals surface area contributed by atoms with Gasteiger partial charge in [-0.2, -0.15) is 0 Å². The standard InChI is InChI=1S/C22H25N5O2/c1-22(2,3)21(28)27-16-8-5-7-15(11-16)25-19-13-20(24-14-23-19)26-17-9-6-10-18(12-17)29-4/h5-14H,1-4H3,(H,27,28)(H2,23,24,25,26). The third-order valence-corrected chi connectivity index (χ3v) is 4.08. The highest BCUT2D eigenvalue weighted by Crippen LogP contribution is 2.24. The van der Waals surface area contributed by atoms with Crippen LogP contribution in [0.4, 0.5) is 28.7 Å². The summed E-state index contributed by atoms with van der Waals surface area (Å²) in [5.74, 6) is 2.00. The fourth-order valence-electron chi connectivity index (χ4n) is 2.48. The zero-order valence-corrected chi connectivity index (χ0v) is 17.0. The van der Waals surface area contributed by atoms with Crippen LogP contribution in [0.25, 0.3) is 0 Å². The molecule has 1 heterocycles. The van der Waals surface area contributed by atoms with Crippen molar-refractivity contribution in [3.05, 3.63) is 60.9 Å². The van der Waals surface area contributed by atoms with E-state index in [0.29, 0.717) is 11.6 Å². The van der Waals surface area contributed by atoms with Crippen molar-refractivity contribution < 1.29 is 9.53 Å². The second-order valence-electron chi connectivity index (χ2n) is 7.56. The first kappa shape index (κ1) is 20.1. The van der Waals surface area contributed by atoms with Gasteiger partial charge in [0.05, 0.1) is 7.11 Å². The number of carbonyl (C=O) groups excluding carboxylic acids is 1. The topological polar surface area (TPSA) is 88.2 Å². The first-order valence-corrected chi connectivity index (χ1v) is 9.25. The van der Waals surface area contributed by atoms with E-state index in [4.69, 9.17) is 4.74 Å². The summed E-state index contributed by atoms with van der Waals surface area (Å²) in [5.41, 5.74) is 1.93. The van der Waals surface area contributed by atoms with Crippen molar-refractivity contribution in [2.75, 3.05) is 23.1 Å². The number of nitrogens with one attached hydrogen (secondary N) is 3. The molecule has 3 rings (SSSR count). The average molecular weight is 391 g/mol. The predicted octanol–water partition coefficient (Wildman–Crippen LogP) is 4.96. The van der Waals surface area contributed by atoms with Gasteiger partial charge in [-0.3, -0.25) is 4.79 Å². The molecule has 7 nitrogen and oxygen atoms in total. The second-order valence-corrected chi connectivity index (χ2v) is 7.56. The fourth-order valence-corrected chi connectivity index (χ4v) is 2.48. The first-order valence-electron chi connectivity index (χ1n) is 9.25. The monoisotopic (exact) mass is 391 g/mol. The summed E-state index contributed by atoms with van der Waals surface area (Å²) in [6, 6.07) is 16.9. The van der Waals surface area contributed by atoms with Crippen molar-refractivity contribution in [2.45, 2.75) is 20.8 Å². The van der Waals surface area contributed by atoms with Crippen LogP contribution < -0.4 is 20.7 Å². The molecule has 0 fully saturated rings. The van der Waals surface area contributed by atoms with Crippen LogP contribution in [0, 0.1) is 5.41 Å². The molecule has 0 saturated carbocycles. The van der Waals surface area contributed by atoms with E-state index in [-0.39, 0.29) is 5.91 Å². The molecule has 7 heteroatoms. The van der Waals surface area contributed by atoms with Gasteiger partial charge >= 0.3 is 0 Å². The van der Waals surface area contributed by atoms with E-state index in [0.717, 1.165) is 22.8 Å². The molecule has 1 amide bonds. The Morgan fingerprint density at radius 3 is 2.07 bits per heavy atom. The second kappa shape index (κ2) is 8.60. The molecule has 3 N–H and O–H groups in total. The number of hydrogen-bond donors (Lipinski definition) is 3. The van der Waals surface area contributed by atoms with Crippen LogP contribution in [0.5, 0.6) is 5.75 Å². The van der Waals surface area contributed by atoms with Crippen molar-refractivity contribution in [1.29, 1.82) is 0 Å². The Hall–Kier alpha value is -3.61. The van der Waals surface area contributed by atoms with Gasteiger partial charge in [-0.15, -0.1) is 0 Å². The number of anilines is 5. The molecule has 0 aliphatic carbocycles. The highest BCUT2D eigenvalue weighted by molar-refractivity contribution is 5.95. The van der Waals surface area contributed by atoms with Crippen molar-refractivity contribution in [3.63, 3.8) is 0 Å². The molecule has 0 spiro atoms. The van der Waals surface area contributed by atoms with E-state index in [1.807, 2.05) is 69.3 Å². The third kappa shape index (κ3) is 5.68. The SMILES string of the molecule is COc1cccc(Nc2cc(Nc3cccc(NC(=O)C(C)(C)C)c3)ncn2)c1. The Morgan fingerprint density at radius 2 is 1.45 bits per heavy atom. The number of rotatable bonds is 6. The molecule has 150 valence electrons. The van der Waals surface area contributed by atoms with Gasteiger partial charge in [0.1, 0.15) is 23.7 Å². The summed E-state index contributed by atoms with van der Waals surface area (Å²) in [7, 11) is 1.63. The Morgan fingerprint density at radius 1 is 0.862 bits per heavy atom. The number of aromatic nitrogens is 2. The summed E-state index contributed by atoms with van der Waals surface area (Å²) in [6.45, 7) is 5.63. The highest BCUT2D eigenvalue weighted by Gasteiger charge is 2.21. The Bertz CT molecular complexity index is 998. The number of carbonyl (C=O) groups is 1. The minimum atomic E-state index is -0.462. The number of benzene rings is 2. The Labute approximate surface area is 170 Å². The number of methoxy groups -OCH3 is 1. The lowest BCUT2D eigenvalue weighted by Crippen LogP contribution is -2.27. The smallest absolute Gasteiger partial charge is 0.229 e. The van der Waals surface area contributed by atoms with Gasteiger partial charge in [-0.25, -0.2) is 9.97 Å². The molecule has 2 aromatic carbocycles. The van der Waals surface area contributed by atoms with Gasteiger partial charge in [0, 0.05) is 34.6 Å². The molecule has 0 saturated heterocycles. The van der Waals surface area contributed by atoms with Crippen molar-refractivity contribution >= 4 is 34.6 Å². The van der Waals surface area contributed by atoms with Gasteiger partial charge in [0.15, 0.2) is 0 Å². The largest absolute Gasteiger partial charge is 0.497 e. The molecule has 0 unspecified atom stereocenters. The lowest BCUT2D eigenvalue weighted by Gasteiger charge is -2.18. The third-order valence-electron chi connectivity index (χ3n) is 4.08. The maximum Gasteiger partial charge on any atom is 0.229 e. The molecule has 1 aromatic heterocycles. The minimum Gasteiger partial charge on any atom is -0.497 e. The maximum atomic E-state index is 12.2. The van der Waals surface area contributed by atoms with Crippen LogP contribution in [0.1, 0.15) is 20.8 Å².